The maximum atomic E-state index is 10.5. The molecule has 25 heavy (non-hydrogen) atoms. The molecular formula is C21H35NO2S. The van der Waals surface area contributed by atoms with Gasteiger partial charge in [-0.2, -0.15) is 0 Å². The molecule has 0 saturated heterocycles. The average Bonchev–Trinajstić information content (AvgIpc) is 3.26. The Morgan fingerprint density at radius 1 is 1.24 bits per heavy atom. The van der Waals surface area contributed by atoms with Gasteiger partial charge in [0.2, 0.25) is 0 Å². The van der Waals surface area contributed by atoms with Crippen LogP contribution >= 0.6 is 11.8 Å². The molecule has 0 heterocycles. The normalized spacial score (nSPS) is 36.1. The Morgan fingerprint density at radius 2 is 2.00 bits per heavy atom. The van der Waals surface area contributed by atoms with Gasteiger partial charge in [0.15, 0.2) is 0 Å². The summed E-state index contributed by atoms with van der Waals surface area (Å²) < 4.78 is 0. The van der Waals surface area contributed by atoms with E-state index >= 15 is 0 Å². The summed E-state index contributed by atoms with van der Waals surface area (Å²) in [6, 6.07) is 0. The number of rotatable bonds is 7. The maximum absolute atomic E-state index is 10.5. The smallest absolute Gasteiger partial charge is 0.0749 e. The summed E-state index contributed by atoms with van der Waals surface area (Å²) in [5, 5.41) is 23.2. The van der Waals surface area contributed by atoms with Crippen molar-refractivity contribution in [2.45, 2.75) is 57.2 Å². The van der Waals surface area contributed by atoms with Crippen molar-refractivity contribution in [2.75, 3.05) is 26.4 Å². The van der Waals surface area contributed by atoms with Crippen molar-refractivity contribution < 1.29 is 10.2 Å². The Bertz CT molecular complexity index is 484. The van der Waals surface area contributed by atoms with E-state index in [2.05, 4.69) is 30.5 Å². The third-order valence-electron chi connectivity index (χ3n) is 6.43. The maximum Gasteiger partial charge on any atom is 0.0749 e. The van der Waals surface area contributed by atoms with Crippen molar-refractivity contribution >= 4 is 11.8 Å². The average molecular weight is 366 g/mol. The topological polar surface area (TPSA) is 43.7 Å². The number of aliphatic hydroxyl groups excluding tert-OH is 2. The van der Waals surface area contributed by atoms with E-state index in [-0.39, 0.29) is 18.1 Å². The van der Waals surface area contributed by atoms with Crippen LogP contribution < -0.4 is 0 Å². The Labute approximate surface area is 157 Å². The Hall–Kier alpha value is -0.290. The molecule has 3 nitrogen and oxygen atoms in total. The van der Waals surface area contributed by atoms with Crippen LogP contribution in [0.4, 0.5) is 0 Å². The van der Waals surface area contributed by atoms with E-state index in [4.69, 9.17) is 0 Å². The summed E-state index contributed by atoms with van der Waals surface area (Å²) in [5.74, 6) is 3.03. The van der Waals surface area contributed by atoms with Crippen LogP contribution in [0.5, 0.6) is 0 Å². The molecular weight excluding hydrogens is 330 g/mol. The highest BCUT2D eigenvalue weighted by Crippen LogP contribution is 2.50. The molecule has 3 aliphatic rings. The molecule has 142 valence electrons. The quantitative estimate of drug-likeness (QED) is 0.534. The van der Waals surface area contributed by atoms with E-state index < -0.39 is 0 Å². The van der Waals surface area contributed by atoms with Crippen LogP contribution in [-0.4, -0.2) is 53.7 Å². The van der Waals surface area contributed by atoms with Crippen molar-refractivity contribution in [3.05, 3.63) is 23.1 Å². The predicted octanol–water partition coefficient (Wildman–Crippen LogP) is 3.68. The van der Waals surface area contributed by atoms with E-state index in [9.17, 15) is 10.2 Å². The monoisotopic (exact) mass is 365 g/mol. The summed E-state index contributed by atoms with van der Waals surface area (Å²) in [4.78, 5) is 2.22. The van der Waals surface area contributed by atoms with Gasteiger partial charge in [-0.3, -0.25) is 0 Å². The van der Waals surface area contributed by atoms with E-state index in [0.717, 1.165) is 44.4 Å². The van der Waals surface area contributed by atoms with Gasteiger partial charge in [0.25, 0.3) is 0 Å². The van der Waals surface area contributed by atoms with Gasteiger partial charge in [-0.15, -0.1) is 11.8 Å². The fraction of sp³-hybridized carbons (Fsp3) is 0.810. The number of hydrogen-bond acceptors (Lipinski definition) is 4. The molecule has 0 radical (unpaired) electrons. The van der Waals surface area contributed by atoms with Crippen LogP contribution in [0.15, 0.2) is 23.1 Å². The van der Waals surface area contributed by atoms with Crippen molar-refractivity contribution in [2.24, 2.45) is 23.7 Å². The summed E-state index contributed by atoms with van der Waals surface area (Å²) >= 11 is 1.93. The standard InChI is InChI=1S/C21H35NO2S/c1-22(2)9-10-25-14-15-11-17-13-21(24)18(19(17)12-15)7-8-20(23)16-5-3-4-6-16/h7-8,14,16-21,23-24H,3-6,9-13H2,1-2H3/t17?,18?,19-,20+,21?/m0/s1. The first-order valence-corrected chi connectivity index (χ1v) is 11.1. The van der Waals surface area contributed by atoms with E-state index in [0.29, 0.717) is 17.8 Å². The number of fused-ring (bicyclic) bond motifs is 1. The minimum Gasteiger partial charge on any atom is -0.392 e. The summed E-state index contributed by atoms with van der Waals surface area (Å²) in [6.07, 6.45) is 11.7. The number of nitrogens with zero attached hydrogens (tertiary/aromatic N) is 1. The van der Waals surface area contributed by atoms with Crippen LogP contribution in [0.2, 0.25) is 0 Å². The molecule has 3 rings (SSSR count). The molecule has 0 amide bonds. The molecule has 0 aromatic heterocycles. The molecule has 3 aliphatic carbocycles. The number of allylic oxidation sites excluding steroid dienone is 1. The number of hydrogen-bond donors (Lipinski definition) is 2. The van der Waals surface area contributed by atoms with E-state index in [1.807, 2.05) is 17.8 Å². The first-order chi connectivity index (χ1) is 12.0. The zero-order valence-electron chi connectivity index (χ0n) is 15.8. The molecule has 5 atom stereocenters. The van der Waals surface area contributed by atoms with Crippen LogP contribution in [0, 0.1) is 23.7 Å². The van der Waals surface area contributed by atoms with Crippen molar-refractivity contribution in [3.8, 4) is 0 Å². The Kier molecular flexibility index (Phi) is 7.07. The number of thioether (sulfide) groups is 1. The van der Waals surface area contributed by atoms with Crippen LogP contribution in [0.1, 0.15) is 44.9 Å². The van der Waals surface area contributed by atoms with Crippen LogP contribution in [0.3, 0.4) is 0 Å². The zero-order chi connectivity index (χ0) is 17.8. The Balaban J connectivity index is 1.52. The van der Waals surface area contributed by atoms with E-state index in [1.54, 1.807) is 5.57 Å². The second kappa shape index (κ2) is 9.07. The van der Waals surface area contributed by atoms with Gasteiger partial charge in [-0.1, -0.05) is 30.6 Å². The lowest BCUT2D eigenvalue weighted by Crippen LogP contribution is -2.19. The lowest BCUT2D eigenvalue weighted by molar-refractivity contribution is 0.135. The second-order valence-corrected chi connectivity index (χ2v) is 9.56. The van der Waals surface area contributed by atoms with Gasteiger partial charge in [0, 0.05) is 18.2 Å². The van der Waals surface area contributed by atoms with Crippen molar-refractivity contribution in [1.29, 1.82) is 0 Å². The minimum atomic E-state index is -0.313. The third kappa shape index (κ3) is 5.12. The molecule has 4 heteroatoms. The molecule has 0 spiro atoms. The van der Waals surface area contributed by atoms with Crippen molar-refractivity contribution in [1.82, 2.24) is 4.90 Å². The van der Waals surface area contributed by atoms with Gasteiger partial charge in [-0.25, -0.2) is 0 Å². The zero-order valence-corrected chi connectivity index (χ0v) is 16.6. The third-order valence-corrected chi connectivity index (χ3v) is 7.35. The largest absolute Gasteiger partial charge is 0.392 e. The van der Waals surface area contributed by atoms with Gasteiger partial charge in [-0.05, 0) is 69.4 Å². The molecule has 3 saturated carbocycles. The molecule has 3 fully saturated rings. The van der Waals surface area contributed by atoms with Crippen LogP contribution in [-0.2, 0) is 0 Å². The lowest BCUT2D eigenvalue weighted by Gasteiger charge is -2.19. The highest BCUT2D eigenvalue weighted by Gasteiger charge is 2.45. The first kappa shape index (κ1) is 19.5. The molecule has 0 aliphatic heterocycles. The Morgan fingerprint density at radius 3 is 2.72 bits per heavy atom. The first-order valence-electron chi connectivity index (χ1n) is 10.0. The summed E-state index contributed by atoms with van der Waals surface area (Å²) in [5.41, 5.74) is 1.57. The van der Waals surface area contributed by atoms with Gasteiger partial charge >= 0.3 is 0 Å². The SMILES string of the molecule is CN(C)CCSC=C1CC2CC(O)C(C=C[C@@H](O)C3CCCC3)[C@H]2C1. The van der Waals surface area contributed by atoms with E-state index in [1.165, 1.54) is 12.8 Å². The summed E-state index contributed by atoms with van der Waals surface area (Å²) in [6.45, 7) is 1.12. The molecule has 0 aromatic carbocycles. The predicted molar refractivity (Wildman–Crippen MR) is 107 cm³/mol. The summed E-state index contributed by atoms with van der Waals surface area (Å²) in [7, 11) is 4.23. The van der Waals surface area contributed by atoms with Crippen LogP contribution in [0.25, 0.3) is 0 Å². The van der Waals surface area contributed by atoms with Gasteiger partial charge in [0.1, 0.15) is 0 Å². The minimum absolute atomic E-state index is 0.218. The van der Waals surface area contributed by atoms with Gasteiger partial charge < -0.3 is 15.1 Å². The second-order valence-electron chi connectivity index (χ2n) is 8.58. The van der Waals surface area contributed by atoms with Crippen molar-refractivity contribution in [3.63, 3.8) is 0 Å². The highest BCUT2D eigenvalue weighted by molar-refractivity contribution is 8.02. The fourth-order valence-corrected chi connectivity index (χ4v) is 6.00. The molecule has 0 aromatic rings. The lowest BCUT2D eigenvalue weighted by atomic mass is 9.89. The number of aliphatic hydroxyl groups is 2. The molecule has 2 N–H and O–H groups in total. The van der Waals surface area contributed by atoms with Gasteiger partial charge in [0.05, 0.1) is 12.2 Å². The molecule has 0 bridgehead atoms. The molecule has 3 unspecified atom stereocenters. The fourth-order valence-electron chi connectivity index (χ4n) is 4.98. The highest BCUT2D eigenvalue weighted by atomic mass is 32.2.